The van der Waals surface area contributed by atoms with Crippen LogP contribution in [0.5, 0.6) is 17.2 Å². The minimum atomic E-state index is 0.712. The van der Waals surface area contributed by atoms with Crippen LogP contribution in [0.15, 0.2) is 18.2 Å². The molecule has 1 aromatic rings. The van der Waals surface area contributed by atoms with Crippen molar-refractivity contribution in [1.29, 1.82) is 0 Å². The molecule has 0 aromatic heterocycles. The van der Waals surface area contributed by atoms with Gasteiger partial charge in [-0.25, -0.2) is 0 Å². The highest BCUT2D eigenvalue weighted by molar-refractivity contribution is 5.66. The van der Waals surface area contributed by atoms with Crippen LogP contribution < -0.4 is 19.5 Å². The molecule has 0 bridgehead atoms. The molecule has 0 spiro atoms. The molecule has 1 saturated carbocycles. The van der Waals surface area contributed by atoms with E-state index in [4.69, 9.17) is 14.2 Å². The topological polar surface area (TPSA) is 39.7 Å². The van der Waals surface area contributed by atoms with Crippen molar-refractivity contribution in [2.24, 2.45) is 0 Å². The first-order chi connectivity index (χ1) is 9.28. The highest BCUT2D eigenvalue weighted by atomic mass is 16.5. The van der Waals surface area contributed by atoms with Crippen LogP contribution in [0.1, 0.15) is 18.4 Å². The summed E-state index contributed by atoms with van der Waals surface area (Å²) in [6.45, 7) is 0.864. The van der Waals surface area contributed by atoms with Crippen molar-refractivity contribution in [3.05, 3.63) is 23.8 Å². The Morgan fingerprint density at radius 3 is 2.21 bits per heavy atom. The van der Waals surface area contributed by atoms with E-state index >= 15 is 0 Å². The lowest BCUT2D eigenvalue weighted by atomic mass is 10.1. The number of ether oxygens (including phenoxy) is 3. The molecule has 0 heterocycles. The van der Waals surface area contributed by atoms with Crippen LogP contribution in [0.25, 0.3) is 6.08 Å². The van der Waals surface area contributed by atoms with Crippen molar-refractivity contribution in [3.8, 4) is 17.2 Å². The Morgan fingerprint density at radius 1 is 1.11 bits per heavy atom. The average Bonchev–Trinajstić information content (AvgIpc) is 3.27. The third-order valence-electron chi connectivity index (χ3n) is 3.14. The van der Waals surface area contributed by atoms with E-state index in [1.54, 1.807) is 21.3 Å². The van der Waals surface area contributed by atoms with Gasteiger partial charge in [-0.05, 0) is 12.8 Å². The molecule has 0 atom stereocenters. The maximum Gasteiger partial charge on any atom is 0.133 e. The summed E-state index contributed by atoms with van der Waals surface area (Å²) >= 11 is 0. The van der Waals surface area contributed by atoms with Crippen LogP contribution >= 0.6 is 0 Å². The Labute approximate surface area is 114 Å². The van der Waals surface area contributed by atoms with Crippen molar-refractivity contribution in [1.82, 2.24) is 5.32 Å². The van der Waals surface area contributed by atoms with Crippen LogP contribution in [-0.2, 0) is 0 Å². The van der Waals surface area contributed by atoms with E-state index in [2.05, 4.69) is 11.4 Å². The summed E-state index contributed by atoms with van der Waals surface area (Å²) in [5, 5.41) is 3.43. The smallest absolute Gasteiger partial charge is 0.133 e. The number of rotatable bonds is 7. The second kappa shape index (κ2) is 6.48. The van der Waals surface area contributed by atoms with Crippen molar-refractivity contribution < 1.29 is 14.2 Å². The fraction of sp³-hybridized carbons (Fsp3) is 0.467. The summed E-state index contributed by atoms with van der Waals surface area (Å²) in [7, 11) is 4.92. The standard InChI is InChI=1S/C15H21NO3/c1-17-12-9-14(18-2)13(15(10-12)19-3)5-4-8-16-11-6-7-11/h4-5,9-11,16H,6-8H2,1-3H3. The van der Waals surface area contributed by atoms with E-state index in [0.717, 1.165) is 29.4 Å². The van der Waals surface area contributed by atoms with Gasteiger partial charge in [0, 0.05) is 24.7 Å². The zero-order chi connectivity index (χ0) is 13.7. The Morgan fingerprint density at radius 2 is 1.74 bits per heavy atom. The van der Waals surface area contributed by atoms with Crippen molar-refractivity contribution >= 4 is 6.08 Å². The molecule has 0 amide bonds. The highest BCUT2D eigenvalue weighted by Gasteiger charge is 2.19. The molecule has 0 radical (unpaired) electrons. The van der Waals surface area contributed by atoms with Crippen LogP contribution in [0.4, 0.5) is 0 Å². The van der Waals surface area contributed by atoms with Gasteiger partial charge in [-0.3, -0.25) is 0 Å². The van der Waals surface area contributed by atoms with Gasteiger partial charge in [0.25, 0.3) is 0 Å². The van der Waals surface area contributed by atoms with Gasteiger partial charge in [-0.2, -0.15) is 0 Å². The maximum atomic E-state index is 5.39. The number of hydrogen-bond acceptors (Lipinski definition) is 4. The second-order valence-electron chi connectivity index (χ2n) is 4.53. The summed E-state index contributed by atoms with van der Waals surface area (Å²) in [5.41, 5.74) is 0.934. The molecule has 1 N–H and O–H groups in total. The quantitative estimate of drug-likeness (QED) is 0.820. The van der Waals surface area contributed by atoms with Crippen LogP contribution in [0, 0.1) is 0 Å². The molecule has 4 nitrogen and oxygen atoms in total. The predicted octanol–water partition coefficient (Wildman–Crippen LogP) is 2.48. The fourth-order valence-electron chi connectivity index (χ4n) is 1.90. The summed E-state index contributed by atoms with van der Waals surface area (Å²) in [5.74, 6) is 2.22. The van der Waals surface area contributed by atoms with E-state index < -0.39 is 0 Å². The Bertz CT molecular complexity index is 428. The first kappa shape index (κ1) is 13.7. The fourth-order valence-corrected chi connectivity index (χ4v) is 1.90. The zero-order valence-electron chi connectivity index (χ0n) is 11.7. The Kier molecular flexibility index (Phi) is 4.68. The molecule has 0 unspecified atom stereocenters. The molecule has 0 aliphatic heterocycles. The summed E-state index contributed by atoms with van der Waals surface area (Å²) < 4.78 is 16.0. The average molecular weight is 263 g/mol. The second-order valence-corrected chi connectivity index (χ2v) is 4.53. The van der Waals surface area contributed by atoms with Gasteiger partial charge in [0.1, 0.15) is 17.2 Å². The van der Waals surface area contributed by atoms with E-state index in [1.165, 1.54) is 12.8 Å². The molecule has 2 rings (SSSR count). The van der Waals surface area contributed by atoms with Gasteiger partial charge in [-0.1, -0.05) is 12.2 Å². The first-order valence-corrected chi connectivity index (χ1v) is 6.48. The first-order valence-electron chi connectivity index (χ1n) is 6.48. The van der Waals surface area contributed by atoms with Gasteiger partial charge < -0.3 is 19.5 Å². The largest absolute Gasteiger partial charge is 0.496 e. The highest BCUT2D eigenvalue weighted by Crippen LogP contribution is 2.34. The molecular weight excluding hydrogens is 242 g/mol. The molecule has 1 aliphatic rings. The third-order valence-corrected chi connectivity index (χ3v) is 3.14. The number of nitrogens with one attached hydrogen (secondary N) is 1. The SMILES string of the molecule is COc1cc(OC)c(C=CCNC2CC2)c(OC)c1. The van der Waals surface area contributed by atoms with Crippen molar-refractivity contribution in [2.75, 3.05) is 27.9 Å². The molecule has 0 saturated heterocycles. The Balaban J connectivity index is 2.15. The predicted molar refractivity (Wildman–Crippen MR) is 76.2 cm³/mol. The molecule has 4 heteroatoms. The number of methoxy groups -OCH3 is 3. The van der Waals surface area contributed by atoms with Crippen LogP contribution in [0.3, 0.4) is 0 Å². The number of hydrogen-bond donors (Lipinski definition) is 1. The van der Waals surface area contributed by atoms with Crippen LogP contribution in [-0.4, -0.2) is 33.9 Å². The minimum Gasteiger partial charge on any atom is -0.496 e. The van der Waals surface area contributed by atoms with Crippen molar-refractivity contribution in [3.63, 3.8) is 0 Å². The van der Waals surface area contributed by atoms with Gasteiger partial charge in [0.2, 0.25) is 0 Å². The van der Waals surface area contributed by atoms with E-state index in [1.807, 2.05) is 18.2 Å². The normalized spacial score (nSPS) is 14.7. The van der Waals surface area contributed by atoms with E-state index in [0.29, 0.717) is 6.04 Å². The van der Waals surface area contributed by atoms with Crippen LogP contribution in [0.2, 0.25) is 0 Å². The third kappa shape index (κ3) is 3.64. The van der Waals surface area contributed by atoms with Gasteiger partial charge in [0.15, 0.2) is 0 Å². The van der Waals surface area contributed by atoms with Gasteiger partial charge >= 0.3 is 0 Å². The lowest BCUT2D eigenvalue weighted by Gasteiger charge is -2.12. The number of benzene rings is 1. The molecule has 1 aliphatic carbocycles. The minimum absolute atomic E-state index is 0.712. The molecule has 1 aromatic carbocycles. The lowest BCUT2D eigenvalue weighted by Crippen LogP contribution is -2.15. The zero-order valence-corrected chi connectivity index (χ0v) is 11.7. The monoisotopic (exact) mass is 263 g/mol. The van der Waals surface area contributed by atoms with Crippen molar-refractivity contribution in [2.45, 2.75) is 18.9 Å². The van der Waals surface area contributed by atoms with Gasteiger partial charge in [-0.15, -0.1) is 0 Å². The summed E-state index contributed by atoms with van der Waals surface area (Å²) in [6.07, 6.45) is 6.70. The summed E-state index contributed by atoms with van der Waals surface area (Å²) in [4.78, 5) is 0. The molecule has 1 fully saturated rings. The van der Waals surface area contributed by atoms with E-state index in [9.17, 15) is 0 Å². The summed E-state index contributed by atoms with van der Waals surface area (Å²) in [6, 6.07) is 4.43. The Hall–Kier alpha value is -1.68. The van der Waals surface area contributed by atoms with E-state index in [-0.39, 0.29) is 0 Å². The lowest BCUT2D eigenvalue weighted by molar-refractivity contribution is 0.374. The molecule has 104 valence electrons. The maximum absolute atomic E-state index is 5.39. The molecular formula is C15H21NO3. The molecule has 19 heavy (non-hydrogen) atoms. The van der Waals surface area contributed by atoms with Gasteiger partial charge in [0.05, 0.1) is 26.9 Å².